The molecule has 7 aromatic carbocycles. The van der Waals surface area contributed by atoms with Gasteiger partial charge in [0.15, 0.2) is 0 Å². The fourth-order valence-electron chi connectivity index (χ4n) is 5.02. The molecule has 0 spiro atoms. The molecule has 1 heterocycles. The Bertz CT molecular complexity index is 2830. The Morgan fingerprint density at radius 1 is 0.432 bits per heavy atom. The molecular weight excluding hydrogens is 448 g/mol. The van der Waals surface area contributed by atoms with E-state index in [-0.39, 0.29) is 49.9 Å². The quantitative estimate of drug-likeness (QED) is 0.222. The van der Waals surface area contributed by atoms with Crippen LogP contribution in [-0.4, -0.2) is 0 Å². The van der Waals surface area contributed by atoms with Crippen LogP contribution in [0.2, 0.25) is 0 Å². The van der Waals surface area contributed by atoms with E-state index in [1.807, 2.05) is 0 Å². The van der Waals surface area contributed by atoms with E-state index >= 15 is 0 Å². The number of benzene rings is 7. The van der Waals surface area contributed by atoms with Crippen LogP contribution < -0.4 is 0 Å². The van der Waals surface area contributed by atoms with Crippen LogP contribution in [0.5, 0.6) is 0 Å². The minimum absolute atomic E-state index is 0.0153. The number of rotatable bonds is 2. The van der Waals surface area contributed by atoms with E-state index in [1.54, 1.807) is 48.5 Å². The topological polar surface area (TPSA) is 13.1 Å². The van der Waals surface area contributed by atoms with Crippen LogP contribution in [0.1, 0.15) is 19.2 Å². The molecule has 0 amide bonds. The first kappa shape index (κ1) is 11.0. The summed E-state index contributed by atoms with van der Waals surface area (Å²) in [7, 11) is 0. The Morgan fingerprint density at radius 3 is 1.62 bits per heavy atom. The highest BCUT2D eigenvalue weighted by Gasteiger charge is 2.17. The lowest BCUT2D eigenvalue weighted by Gasteiger charge is -2.17. The predicted molar refractivity (Wildman–Crippen MR) is 157 cm³/mol. The van der Waals surface area contributed by atoms with Gasteiger partial charge in [0.25, 0.3) is 0 Å². The number of furan rings is 1. The predicted octanol–water partition coefficient (Wildman–Crippen LogP) is 10.4. The molecule has 0 fully saturated rings. The van der Waals surface area contributed by atoms with Crippen molar-refractivity contribution < 1.29 is 23.6 Å². The molecule has 0 aliphatic carbocycles. The van der Waals surface area contributed by atoms with Gasteiger partial charge in [-0.2, -0.15) is 0 Å². The van der Waals surface area contributed by atoms with Crippen molar-refractivity contribution in [2.75, 3.05) is 0 Å². The Hall–Kier alpha value is -4.88. The van der Waals surface area contributed by atoms with Gasteiger partial charge in [-0.1, -0.05) is 109 Å². The highest BCUT2D eigenvalue weighted by atomic mass is 16.3. The molecule has 0 N–H and O–H groups in total. The molecule has 1 heteroatoms. The average molecular weight is 485 g/mol. The van der Waals surface area contributed by atoms with Crippen molar-refractivity contribution in [3.63, 3.8) is 0 Å². The van der Waals surface area contributed by atoms with Crippen LogP contribution in [0.3, 0.4) is 0 Å². The van der Waals surface area contributed by atoms with Crippen molar-refractivity contribution in [3.8, 4) is 22.3 Å². The van der Waals surface area contributed by atoms with Crippen LogP contribution in [0.4, 0.5) is 0 Å². The standard InChI is InChI=1S/C36H22O/c1-2-10-23(11-3-1)35-28-14-6-8-16-30(28)36(31-17-9-7-15-29(31)35)26-18-19-27-32-20-24-12-4-5-13-25(24)21-34(32)37-33(27)22-26/h1-22H/i1D,2D,3D,4D,5D,10D,11D,12D,13D,18D,19D,20D,21D,22D. The first-order chi connectivity index (χ1) is 24.2. The molecule has 172 valence electrons. The number of hydrogen-bond acceptors (Lipinski definition) is 1. The van der Waals surface area contributed by atoms with E-state index < -0.39 is 78.6 Å². The molecule has 1 nitrogen and oxygen atoms in total. The van der Waals surface area contributed by atoms with Crippen molar-refractivity contribution in [3.05, 3.63) is 133 Å². The average Bonchev–Trinajstić information content (AvgIpc) is 3.54. The molecule has 0 unspecified atom stereocenters. The van der Waals surface area contributed by atoms with Gasteiger partial charge in [-0.05, 0) is 78.7 Å². The lowest BCUT2D eigenvalue weighted by Crippen LogP contribution is -1.90. The highest BCUT2D eigenvalue weighted by Crippen LogP contribution is 2.44. The summed E-state index contributed by atoms with van der Waals surface area (Å²) in [5, 5.41) is 1.18. The van der Waals surface area contributed by atoms with Crippen molar-refractivity contribution in [1.29, 1.82) is 0 Å². The lowest BCUT2D eigenvalue weighted by molar-refractivity contribution is 0.669. The van der Waals surface area contributed by atoms with Gasteiger partial charge in [-0.15, -0.1) is 0 Å². The summed E-state index contributed by atoms with van der Waals surface area (Å²) in [5.41, 5.74) is 0.218. The van der Waals surface area contributed by atoms with Gasteiger partial charge in [-0.3, -0.25) is 0 Å². The number of hydrogen-bond donors (Lipinski definition) is 0. The van der Waals surface area contributed by atoms with Gasteiger partial charge in [0.1, 0.15) is 11.2 Å². The zero-order chi connectivity index (χ0) is 36.5. The molecule has 8 aromatic rings. The number of fused-ring (bicyclic) bond motifs is 6. The minimum Gasteiger partial charge on any atom is -0.456 e. The SMILES string of the molecule is [2H]c1c([2H])c([2H])c(-c2c3ccccc3c(-c3c([2H])c([2H])c4c(oc5c([2H])c6c([2H])c([2H])c([2H])c([2H])c6c([2H])c54)c3[2H])c3ccccc23)c([2H])c1[2H]. The normalized spacial score (nSPS) is 17.1. The Labute approximate surface area is 233 Å². The van der Waals surface area contributed by atoms with E-state index in [9.17, 15) is 4.11 Å². The van der Waals surface area contributed by atoms with E-state index in [1.165, 1.54) is 0 Å². The molecule has 0 saturated carbocycles. The van der Waals surface area contributed by atoms with Crippen molar-refractivity contribution >= 4 is 54.3 Å². The largest absolute Gasteiger partial charge is 0.456 e. The molecule has 0 aliphatic rings. The first-order valence-corrected chi connectivity index (χ1v) is 11.6. The molecule has 0 aliphatic heterocycles. The van der Waals surface area contributed by atoms with Crippen LogP contribution in [0, 0.1) is 0 Å². The zero-order valence-electron chi connectivity index (χ0n) is 33.0. The fraction of sp³-hybridized carbons (Fsp3) is 0. The Morgan fingerprint density at radius 2 is 0.973 bits per heavy atom. The zero-order valence-corrected chi connectivity index (χ0v) is 19.0. The summed E-state index contributed by atoms with van der Waals surface area (Å²) in [4.78, 5) is 0. The van der Waals surface area contributed by atoms with E-state index in [2.05, 4.69) is 0 Å². The monoisotopic (exact) mass is 484 g/mol. The van der Waals surface area contributed by atoms with Crippen molar-refractivity contribution in [1.82, 2.24) is 0 Å². The Balaban J connectivity index is 1.56. The Kier molecular flexibility index (Phi) is 2.33. The van der Waals surface area contributed by atoms with E-state index in [0.717, 1.165) is 0 Å². The molecule has 8 rings (SSSR count). The maximum atomic E-state index is 9.45. The smallest absolute Gasteiger partial charge is 0.136 e. The molecular formula is C36H22O. The van der Waals surface area contributed by atoms with Gasteiger partial charge < -0.3 is 4.42 Å². The van der Waals surface area contributed by atoms with Gasteiger partial charge in [0, 0.05) is 10.8 Å². The summed E-state index contributed by atoms with van der Waals surface area (Å²) in [6.07, 6.45) is 0. The third-order valence-corrected chi connectivity index (χ3v) is 6.57. The molecule has 0 bridgehead atoms. The van der Waals surface area contributed by atoms with E-state index in [0.29, 0.717) is 32.7 Å². The second-order valence-corrected chi connectivity index (χ2v) is 8.60. The maximum absolute atomic E-state index is 9.45. The molecule has 0 radical (unpaired) electrons. The van der Waals surface area contributed by atoms with Crippen molar-refractivity contribution in [2.45, 2.75) is 0 Å². The van der Waals surface area contributed by atoms with E-state index in [4.69, 9.17) is 19.5 Å². The minimum atomic E-state index is -0.589. The first-order valence-electron chi connectivity index (χ1n) is 18.6. The second-order valence-electron chi connectivity index (χ2n) is 8.60. The molecule has 1 aromatic heterocycles. The van der Waals surface area contributed by atoms with Crippen LogP contribution >= 0.6 is 0 Å². The summed E-state index contributed by atoms with van der Waals surface area (Å²) < 4.78 is 128. The van der Waals surface area contributed by atoms with Gasteiger partial charge in [-0.25, -0.2) is 0 Å². The maximum Gasteiger partial charge on any atom is 0.136 e. The summed E-state index contributed by atoms with van der Waals surface area (Å²) in [5.74, 6) is 0. The molecule has 0 saturated heterocycles. The van der Waals surface area contributed by atoms with Gasteiger partial charge >= 0.3 is 0 Å². The van der Waals surface area contributed by atoms with Crippen molar-refractivity contribution in [2.24, 2.45) is 0 Å². The molecule has 37 heavy (non-hydrogen) atoms. The summed E-state index contributed by atoms with van der Waals surface area (Å²) in [6.45, 7) is 0. The summed E-state index contributed by atoms with van der Waals surface area (Å²) >= 11 is 0. The fourth-order valence-corrected chi connectivity index (χ4v) is 5.02. The van der Waals surface area contributed by atoms with Crippen LogP contribution in [-0.2, 0) is 0 Å². The molecule has 0 atom stereocenters. The van der Waals surface area contributed by atoms with Crippen LogP contribution in [0.25, 0.3) is 76.5 Å². The third-order valence-electron chi connectivity index (χ3n) is 6.57. The van der Waals surface area contributed by atoms with Gasteiger partial charge in [0.2, 0.25) is 0 Å². The third kappa shape index (κ3) is 3.04. The summed E-state index contributed by atoms with van der Waals surface area (Å²) in [6, 6.07) is 7.23. The van der Waals surface area contributed by atoms with Crippen LogP contribution in [0.15, 0.2) is 138 Å². The highest BCUT2D eigenvalue weighted by molar-refractivity contribution is 6.22. The second kappa shape index (κ2) is 7.81. The van der Waals surface area contributed by atoms with Gasteiger partial charge in [0.05, 0.1) is 19.2 Å². The lowest BCUT2D eigenvalue weighted by atomic mass is 9.86.